The first kappa shape index (κ1) is 16.2. The Balaban J connectivity index is 1.76. The zero-order valence-corrected chi connectivity index (χ0v) is 13.7. The molecule has 0 unspecified atom stereocenters. The normalized spacial score (nSPS) is 34.1. The Morgan fingerprint density at radius 1 is 1.00 bits per heavy atom. The van der Waals surface area contributed by atoms with Crippen molar-refractivity contribution in [2.75, 3.05) is 19.6 Å². The molecule has 3 saturated heterocycles. The Labute approximate surface area is 136 Å². The summed E-state index contributed by atoms with van der Waals surface area (Å²) in [5.41, 5.74) is 5.43. The third kappa shape index (κ3) is 2.94. The van der Waals surface area contributed by atoms with Crippen molar-refractivity contribution < 1.29 is 14.4 Å². The number of nitrogens with two attached hydrogens (primary N) is 1. The molecule has 3 heterocycles. The lowest BCUT2D eigenvalue weighted by atomic mass is 10.0. The van der Waals surface area contributed by atoms with E-state index in [1.54, 1.807) is 9.80 Å². The van der Waals surface area contributed by atoms with Crippen LogP contribution in [0, 0.1) is 5.92 Å². The van der Waals surface area contributed by atoms with Gasteiger partial charge in [0.2, 0.25) is 17.7 Å². The third-order valence-corrected chi connectivity index (χ3v) is 5.46. The summed E-state index contributed by atoms with van der Waals surface area (Å²) in [6.07, 6.45) is 4.06. The van der Waals surface area contributed by atoms with Gasteiger partial charge in [0, 0.05) is 13.1 Å². The molecule has 7 heteroatoms. The fourth-order valence-corrected chi connectivity index (χ4v) is 4.16. The molecule has 3 fully saturated rings. The molecular weight excluding hydrogens is 296 g/mol. The van der Waals surface area contributed by atoms with E-state index in [0.29, 0.717) is 19.5 Å². The molecule has 0 aliphatic carbocycles. The van der Waals surface area contributed by atoms with Crippen LogP contribution in [0.2, 0.25) is 0 Å². The molecule has 0 saturated carbocycles. The van der Waals surface area contributed by atoms with Crippen molar-refractivity contribution in [2.24, 2.45) is 11.7 Å². The second kappa shape index (κ2) is 6.47. The number of likely N-dealkylation sites (tertiary alicyclic amines) is 2. The van der Waals surface area contributed by atoms with Gasteiger partial charge in [0.05, 0.1) is 6.04 Å². The van der Waals surface area contributed by atoms with Crippen LogP contribution in [0.25, 0.3) is 0 Å². The van der Waals surface area contributed by atoms with Gasteiger partial charge in [-0.2, -0.15) is 0 Å². The van der Waals surface area contributed by atoms with Gasteiger partial charge in [-0.1, -0.05) is 6.92 Å². The van der Waals surface area contributed by atoms with Gasteiger partial charge >= 0.3 is 0 Å². The molecule has 3 aliphatic heterocycles. The maximum Gasteiger partial charge on any atom is 0.246 e. The second-order valence-electron chi connectivity index (χ2n) is 6.98. The van der Waals surface area contributed by atoms with Crippen molar-refractivity contribution in [3.05, 3.63) is 0 Å². The summed E-state index contributed by atoms with van der Waals surface area (Å²) in [7, 11) is 0. The second-order valence-corrected chi connectivity index (χ2v) is 6.98. The Morgan fingerprint density at radius 2 is 1.78 bits per heavy atom. The van der Waals surface area contributed by atoms with Crippen molar-refractivity contribution in [3.63, 3.8) is 0 Å². The largest absolute Gasteiger partial charge is 0.368 e. The molecule has 3 aliphatic rings. The molecule has 0 aromatic carbocycles. The predicted octanol–water partition coefficient (Wildman–Crippen LogP) is -0.548. The van der Waals surface area contributed by atoms with Gasteiger partial charge in [-0.25, -0.2) is 0 Å². The number of amides is 3. The molecule has 0 bridgehead atoms. The smallest absolute Gasteiger partial charge is 0.246 e. The van der Waals surface area contributed by atoms with Crippen LogP contribution in [-0.2, 0) is 14.4 Å². The Kier molecular flexibility index (Phi) is 4.57. The lowest BCUT2D eigenvalue weighted by Crippen LogP contribution is -2.55. The van der Waals surface area contributed by atoms with Crippen molar-refractivity contribution in [2.45, 2.75) is 57.2 Å². The lowest BCUT2D eigenvalue weighted by molar-refractivity contribution is -0.147. The zero-order chi connectivity index (χ0) is 16.6. The van der Waals surface area contributed by atoms with E-state index in [2.05, 4.69) is 5.32 Å². The zero-order valence-electron chi connectivity index (χ0n) is 13.7. The number of nitrogens with one attached hydrogen (secondary N) is 1. The molecule has 3 N–H and O–H groups in total. The van der Waals surface area contributed by atoms with E-state index < -0.39 is 18.0 Å². The van der Waals surface area contributed by atoms with Gasteiger partial charge < -0.3 is 20.9 Å². The maximum absolute atomic E-state index is 13.0. The average molecular weight is 322 g/mol. The van der Waals surface area contributed by atoms with E-state index in [0.717, 1.165) is 32.2 Å². The van der Waals surface area contributed by atoms with Crippen LogP contribution < -0.4 is 11.1 Å². The molecule has 3 amide bonds. The van der Waals surface area contributed by atoms with Gasteiger partial charge in [-0.3, -0.25) is 14.4 Å². The number of carbonyl (C=O) groups is 3. The van der Waals surface area contributed by atoms with Crippen LogP contribution in [0.15, 0.2) is 0 Å². The molecule has 0 aromatic rings. The van der Waals surface area contributed by atoms with E-state index >= 15 is 0 Å². The van der Waals surface area contributed by atoms with Crippen molar-refractivity contribution in [1.82, 2.24) is 15.1 Å². The minimum Gasteiger partial charge on any atom is -0.368 e. The molecule has 3 rings (SSSR count). The first-order valence-electron chi connectivity index (χ1n) is 8.64. The summed E-state index contributed by atoms with van der Waals surface area (Å²) >= 11 is 0. The first-order valence-corrected chi connectivity index (χ1v) is 8.64. The monoisotopic (exact) mass is 322 g/mol. The number of primary amides is 1. The average Bonchev–Trinajstić information content (AvgIpc) is 3.26. The maximum atomic E-state index is 13.0. The molecule has 23 heavy (non-hydrogen) atoms. The van der Waals surface area contributed by atoms with Gasteiger partial charge in [-0.05, 0) is 44.6 Å². The van der Waals surface area contributed by atoms with Gasteiger partial charge in [0.1, 0.15) is 12.1 Å². The highest BCUT2D eigenvalue weighted by atomic mass is 16.2. The minimum absolute atomic E-state index is 0.0278. The highest BCUT2D eigenvalue weighted by Crippen LogP contribution is 2.29. The molecule has 128 valence electrons. The summed E-state index contributed by atoms with van der Waals surface area (Å²) < 4.78 is 0. The summed E-state index contributed by atoms with van der Waals surface area (Å²) in [6.45, 7) is 4.03. The SMILES string of the molecule is C[C@@H]1CCN(C(=O)[C@@H]2CCCN2)[C@@H]1C(=O)N1CCC[C@@H]1C(N)=O. The van der Waals surface area contributed by atoms with Gasteiger partial charge in [0.15, 0.2) is 0 Å². The van der Waals surface area contributed by atoms with E-state index in [1.807, 2.05) is 6.92 Å². The number of hydrogen-bond donors (Lipinski definition) is 2. The summed E-state index contributed by atoms with van der Waals surface area (Å²) in [5, 5.41) is 3.21. The highest BCUT2D eigenvalue weighted by Gasteiger charge is 2.46. The van der Waals surface area contributed by atoms with E-state index in [4.69, 9.17) is 5.73 Å². The molecule has 0 radical (unpaired) electrons. The topological polar surface area (TPSA) is 95.7 Å². The molecular formula is C16H26N4O3. The van der Waals surface area contributed by atoms with Crippen LogP contribution in [0.4, 0.5) is 0 Å². The fraction of sp³-hybridized carbons (Fsp3) is 0.812. The van der Waals surface area contributed by atoms with Crippen molar-refractivity contribution >= 4 is 17.7 Å². The Bertz CT molecular complexity index is 504. The number of hydrogen-bond acceptors (Lipinski definition) is 4. The van der Waals surface area contributed by atoms with E-state index in [-0.39, 0.29) is 23.8 Å². The van der Waals surface area contributed by atoms with Crippen LogP contribution in [0.1, 0.15) is 39.0 Å². The van der Waals surface area contributed by atoms with Crippen LogP contribution in [-0.4, -0.2) is 65.3 Å². The molecule has 0 aromatic heterocycles. The van der Waals surface area contributed by atoms with Crippen LogP contribution in [0.3, 0.4) is 0 Å². The predicted molar refractivity (Wildman–Crippen MR) is 84.2 cm³/mol. The first-order chi connectivity index (χ1) is 11.0. The minimum atomic E-state index is -0.517. The van der Waals surface area contributed by atoms with Gasteiger partial charge in [0.25, 0.3) is 0 Å². The quantitative estimate of drug-likeness (QED) is 0.729. The third-order valence-electron chi connectivity index (χ3n) is 5.46. The lowest BCUT2D eigenvalue weighted by Gasteiger charge is -2.33. The van der Waals surface area contributed by atoms with Crippen molar-refractivity contribution in [1.29, 1.82) is 0 Å². The van der Waals surface area contributed by atoms with Crippen molar-refractivity contribution in [3.8, 4) is 0 Å². The highest BCUT2D eigenvalue weighted by molar-refractivity contribution is 5.93. The van der Waals surface area contributed by atoms with Crippen LogP contribution >= 0.6 is 0 Å². The van der Waals surface area contributed by atoms with E-state index in [9.17, 15) is 14.4 Å². The fourth-order valence-electron chi connectivity index (χ4n) is 4.16. The van der Waals surface area contributed by atoms with Crippen LogP contribution in [0.5, 0.6) is 0 Å². The summed E-state index contributed by atoms with van der Waals surface area (Å²) in [5.74, 6) is -0.415. The van der Waals surface area contributed by atoms with E-state index in [1.165, 1.54) is 0 Å². The summed E-state index contributed by atoms with van der Waals surface area (Å²) in [4.78, 5) is 40.6. The number of rotatable bonds is 3. The van der Waals surface area contributed by atoms with Gasteiger partial charge in [-0.15, -0.1) is 0 Å². The Hall–Kier alpha value is -1.63. The standard InChI is InChI=1S/C16H26N4O3/c1-10-6-9-20(15(22)11-4-2-7-18-11)13(10)16(23)19-8-3-5-12(19)14(17)21/h10-13,18H,2-9H2,1H3,(H2,17,21)/t10-,11+,12-,13+/m1/s1. The number of carbonyl (C=O) groups excluding carboxylic acids is 3. The molecule has 7 nitrogen and oxygen atoms in total. The molecule has 4 atom stereocenters. The Morgan fingerprint density at radius 3 is 2.43 bits per heavy atom. The summed E-state index contributed by atoms with van der Waals surface area (Å²) in [6, 6.07) is -1.14. The molecule has 0 spiro atoms. The number of nitrogens with zero attached hydrogens (tertiary/aromatic N) is 2.